The van der Waals surface area contributed by atoms with E-state index in [0.717, 1.165) is 11.7 Å². The molecule has 3 heteroatoms. The predicted molar refractivity (Wildman–Crippen MR) is 68.4 cm³/mol. The molecule has 1 aliphatic carbocycles. The molecule has 90 valence electrons. The summed E-state index contributed by atoms with van der Waals surface area (Å²) in [5, 5.41) is 12.4. The van der Waals surface area contributed by atoms with Gasteiger partial charge in [-0.15, -0.1) is 0 Å². The van der Waals surface area contributed by atoms with Crippen LogP contribution in [0.4, 0.5) is 0 Å². The van der Waals surface area contributed by atoms with Crippen molar-refractivity contribution in [2.75, 3.05) is 25.2 Å². The normalized spacial score (nSPS) is 21.8. The molecule has 2 N–H and O–H groups in total. The van der Waals surface area contributed by atoms with Crippen molar-refractivity contribution in [1.29, 1.82) is 0 Å². The molecule has 0 radical (unpaired) electrons. The minimum Gasteiger partial charge on any atom is -0.396 e. The summed E-state index contributed by atoms with van der Waals surface area (Å²) < 4.78 is 0. The van der Waals surface area contributed by atoms with E-state index >= 15 is 0 Å². The van der Waals surface area contributed by atoms with Crippen LogP contribution in [0.3, 0.4) is 0 Å². The molecular formula is C12H25NOS. The second kappa shape index (κ2) is 7.53. The molecule has 0 saturated heterocycles. The van der Waals surface area contributed by atoms with Gasteiger partial charge in [0.05, 0.1) is 0 Å². The number of rotatable bonds is 7. The maximum Gasteiger partial charge on any atom is 0.0464 e. The van der Waals surface area contributed by atoms with Gasteiger partial charge in [-0.1, -0.05) is 19.8 Å². The van der Waals surface area contributed by atoms with Crippen molar-refractivity contribution in [2.24, 2.45) is 11.8 Å². The Hall–Kier alpha value is 0.270. The fourth-order valence-electron chi connectivity index (χ4n) is 2.26. The molecule has 2 atom stereocenters. The van der Waals surface area contributed by atoms with E-state index < -0.39 is 0 Å². The Bertz CT molecular complexity index is 160. The summed E-state index contributed by atoms with van der Waals surface area (Å²) in [6, 6.07) is 0.684. The maximum atomic E-state index is 8.94. The minimum atomic E-state index is 0.320. The van der Waals surface area contributed by atoms with E-state index in [2.05, 4.69) is 19.3 Å². The molecule has 1 rings (SSSR count). The van der Waals surface area contributed by atoms with E-state index in [1.54, 1.807) is 0 Å². The molecule has 0 heterocycles. The summed E-state index contributed by atoms with van der Waals surface area (Å²) in [5.41, 5.74) is 0. The molecule has 2 nitrogen and oxygen atoms in total. The standard InChI is InChI=1S/C12H25NOS/c1-10(7-14)8-15-9-12(13-2)11-5-3-4-6-11/h10-14H,3-9H2,1-2H3. The Kier molecular flexibility index (Phi) is 6.69. The monoisotopic (exact) mass is 231 g/mol. The number of aliphatic hydroxyl groups excluding tert-OH is 1. The summed E-state index contributed by atoms with van der Waals surface area (Å²) in [5.74, 6) is 3.62. The summed E-state index contributed by atoms with van der Waals surface area (Å²) >= 11 is 1.98. The van der Waals surface area contributed by atoms with E-state index in [0.29, 0.717) is 18.6 Å². The van der Waals surface area contributed by atoms with Crippen LogP contribution in [-0.2, 0) is 0 Å². The van der Waals surface area contributed by atoms with Gasteiger partial charge in [0.2, 0.25) is 0 Å². The van der Waals surface area contributed by atoms with Crippen LogP contribution in [0.15, 0.2) is 0 Å². The molecule has 0 aromatic rings. The Morgan fingerprint density at radius 3 is 2.53 bits per heavy atom. The number of thioether (sulfide) groups is 1. The molecule has 15 heavy (non-hydrogen) atoms. The van der Waals surface area contributed by atoms with Gasteiger partial charge in [-0.3, -0.25) is 0 Å². The van der Waals surface area contributed by atoms with Gasteiger partial charge in [0.1, 0.15) is 0 Å². The lowest BCUT2D eigenvalue weighted by Crippen LogP contribution is -2.34. The van der Waals surface area contributed by atoms with Gasteiger partial charge in [-0.2, -0.15) is 11.8 Å². The van der Waals surface area contributed by atoms with Crippen molar-refractivity contribution < 1.29 is 5.11 Å². The van der Waals surface area contributed by atoms with Crippen molar-refractivity contribution in [2.45, 2.75) is 38.6 Å². The molecule has 0 bridgehead atoms. The van der Waals surface area contributed by atoms with Crippen molar-refractivity contribution in [3.05, 3.63) is 0 Å². The Morgan fingerprint density at radius 2 is 2.00 bits per heavy atom. The van der Waals surface area contributed by atoms with E-state index in [1.807, 2.05) is 11.8 Å². The van der Waals surface area contributed by atoms with Crippen LogP contribution in [0.2, 0.25) is 0 Å². The largest absolute Gasteiger partial charge is 0.396 e. The van der Waals surface area contributed by atoms with Crippen LogP contribution in [0, 0.1) is 11.8 Å². The quantitative estimate of drug-likeness (QED) is 0.704. The topological polar surface area (TPSA) is 32.3 Å². The average Bonchev–Trinajstić information content (AvgIpc) is 2.77. The van der Waals surface area contributed by atoms with E-state index in [9.17, 15) is 0 Å². The molecule has 2 unspecified atom stereocenters. The fourth-order valence-corrected chi connectivity index (χ4v) is 3.60. The van der Waals surface area contributed by atoms with Crippen molar-refractivity contribution in [3.63, 3.8) is 0 Å². The molecule has 0 spiro atoms. The van der Waals surface area contributed by atoms with E-state index in [-0.39, 0.29) is 0 Å². The third kappa shape index (κ3) is 4.75. The Balaban J connectivity index is 2.15. The van der Waals surface area contributed by atoms with Crippen LogP contribution in [0.1, 0.15) is 32.6 Å². The van der Waals surface area contributed by atoms with Crippen LogP contribution in [0.5, 0.6) is 0 Å². The number of nitrogens with one attached hydrogen (secondary N) is 1. The highest BCUT2D eigenvalue weighted by Crippen LogP contribution is 2.29. The lowest BCUT2D eigenvalue weighted by Gasteiger charge is -2.23. The summed E-state index contributed by atoms with van der Waals surface area (Å²) in [7, 11) is 2.08. The first kappa shape index (κ1) is 13.3. The Morgan fingerprint density at radius 1 is 1.33 bits per heavy atom. The second-order valence-electron chi connectivity index (χ2n) is 4.76. The highest BCUT2D eigenvalue weighted by molar-refractivity contribution is 7.99. The molecule has 0 aliphatic heterocycles. The highest BCUT2D eigenvalue weighted by atomic mass is 32.2. The SMILES string of the molecule is CNC(CSCC(C)CO)C1CCCC1. The van der Waals surface area contributed by atoms with Gasteiger partial charge in [0, 0.05) is 18.4 Å². The second-order valence-corrected chi connectivity index (χ2v) is 5.84. The molecule has 0 aromatic heterocycles. The first-order valence-electron chi connectivity index (χ1n) is 6.13. The predicted octanol–water partition coefficient (Wildman–Crippen LogP) is 2.13. The van der Waals surface area contributed by atoms with E-state index in [4.69, 9.17) is 5.11 Å². The van der Waals surface area contributed by atoms with Crippen LogP contribution < -0.4 is 5.32 Å². The van der Waals surface area contributed by atoms with Gasteiger partial charge in [0.15, 0.2) is 0 Å². The lowest BCUT2D eigenvalue weighted by molar-refractivity contribution is 0.250. The molecule has 1 aliphatic rings. The highest BCUT2D eigenvalue weighted by Gasteiger charge is 2.23. The summed E-state index contributed by atoms with van der Waals surface area (Å²) in [6.45, 7) is 2.43. The van der Waals surface area contributed by atoms with Gasteiger partial charge in [-0.25, -0.2) is 0 Å². The van der Waals surface area contributed by atoms with Crippen molar-refractivity contribution in [3.8, 4) is 0 Å². The van der Waals surface area contributed by atoms with Gasteiger partial charge in [0.25, 0.3) is 0 Å². The summed E-state index contributed by atoms with van der Waals surface area (Å²) in [4.78, 5) is 0. The van der Waals surface area contributed by atoms with Gasteiger partial charge < -0.3 is 10.4 Å². The van der Waals surface area contributed by atoms with Crippen molar-refractivity contribution >= 4 is 11.8 Å². The molecule has 0 aromatic carbocycles. The zero-order valence-electron chi connectivity index (χ0n) is 10.0. The van der Waals surface area contributed by atoms with E-state index in [1.165, 1.54) is 31.4 Å². The zero-order chi connectivity index (χ0) is 11.1. The van der Waals surface area contributed by atoms with Crippen LogP contribution in [0.25, 0.3) is 0 Å². The van der Waals surface area contributed by atoms with Gasteiger partial charge >= 0.3 is 0 Å². The molecular weight excluding hydrogens is 206 g/mol. The van der Waals surface area contributed by atoms with Crippen molar-refractivity contribution in [1.82, 2.24) is 5.32 Å². The first-order chi connectivity index (χ1) is 7.27. The van der Waals surface area contributed by atoms with Crippen LogP contribution >= 0.6 is 11.8 Å². The third-order valence-corrected chi connectivity index (χ3v) is 4.75. The number of aliphatic hydroxyl groups is 1. The fraction of sp³-hybridized carbons (Fsp3) is 1.00. The first-order valence-corrected chi connectivity index (χ1v) is 7.29. The Labute approximate surface area is 98.2 Å². The minimum absolute atomic E-state index is 0.320. The third-order valence-electron chi connectivity index (χ3n) is 3.35. The number of hydrogen-bond donors (Lipinski definition) is 2. The zero-order valence-corrected chi connectivity index (χ0v) is 10.9. The maximum absolute atomic E-state index is 8.94. The summed E-state index contributed by atoms with van der Waals surface area (Å²) in [6.07, 6.45) is 5.64. The smallest absolute Gasteiger partial charge is 0.0464 e. The van der Waals surface area contributed by atoms with Crippen LogP contribution in [-0.4, -0.2) is 36.3 Å². The van der Waals surface area contributed by atoms with Gasteiger partial charge in [-0.05, 0) is 37.5 Å². The number of hydrogen-bond acceptors (Lipinski definition) is 3. The molecule has 1 fully saturated rings. The molecule has 1 saturated carbocycles. The average molecular weight is 231 g/mol. The lowest BCUT2D eigenvalue weighted by atomic mass is 10.0. The molecule has 0 amide bonds.